The molecule has 2 amide bonds. The molecule has 1 aromatic heterocycles. The van der Waals surface area contributed by atoms with Gasteiger partial charge in [0.2, 0.25) is 11.8 Å². The Labute approximate surface area is 181 Å². The van der Waals surface area contributed by atoms with Crippen LogP contribution in [-0.4, -0.2) is 52.5 Å². The van der Waals surface area contributed by atoms with E-state index in [1.807, 2.05) is 38.1 Å². The number of H-pyrrole nitrogens is 1. The molecule has 0 fully saturated rings. The zero-order valence-electron chi connectivity index (χ0n) is 18.1. The van der Waals surface area contributed by atoms with Crippen molar-refractivity contribution in [3.05, 3.63) is 36.0 Å². The highest BCUT2D eigenvalue weighted by molar-refractivity contribution is 5.93. The Kier molecular flexibility index (Phi) is 9.02. The summed E-state index contributed by atoms with van der Waals surface area (Å²) in [5.74, 6) is -2.25. The Morgan fingerprint density at radius 2 is 1.74 bits per heavy atom. The average Bonchev–Trinajstić information content (AvgIpc) is 3.14. The minimum absolute atomic E-state index is 0.111. The number of hydrogen-bond donors (Lipinski definition) is 6. The fraction of sp³-hybridized carbons (Fsp3) is 0.500. The number of amides is 2. The molecule has 0 bridgehead atoms. The molecular formula is C22H33N5O4. The fourth-order valence-corrected chi connectivity index (χ4v) is 3.32. The summed E-state index contributed by atoms with van der Waals surface area (Å²) >= 11 is 0. The molecule has 1 heterocycles. The van der Waals surface area contributed by atoms with Crippen LogP contribution in [0.25, 0.3) is 10.9 Å². The molecule has 0 radical (unpaired) electrons. The molecule has 0 aliphatic rings. The molecule has 1 aromatic carbocycles. The first kappa shape index (κ1) is 24.4. The number of carboxylic acids is 1. The molecule has 2 rings (SSSR count). The van der Waals surface area contributed by atoms with Gasteiger partial charge in [0.15, 0.2) is 0 Å². The molecule has 0 saturated heterocycles. The summed E-state index contributed by atoms with van der Waals surface area (Å²) in [5, 5.41) is 15.7. The van der Waals surface area contributed by atoms with Gasteiger partial charge in [-0.3, -0.25) is 9.59 Å². The van der Waals surface area contributed by atoms with E-state index < -0.39 is 35.9 Å². The number of aliphatic carboxylic acids is 1. The quantitative estimate of drug-likeness (QED) is 0.273. The predicted molar refractivity (Wildman–Crippen MR) is 119 cm³/mol. The SMILES string of the molecule is CC(C)[C@H](N)C(=O)N[C@@H](Cc1c[nH]c2ccccc12)C(=O)N[C@@H](CCCCN)C(=O)O. The lowest BCUT2D eigenvalue weighted by Crippen LogP contribution is -2.56. The summed E-state index contributed by atoms with van der Waals surface area (Å²) in [6.07, 6.45) is 3.48. The third kappa shape index (κ3) is 6.80. The second-order valence-corrected chi connectivity index (χ2v) is 8.08. The lowest BCUT2D eigenvalue weighted by atomic mass is 10.0. The Hall–Kier alpha value is -2.91. The highest BCUT2D eigenvalue weighted by Gasteiger charge is 2.29. The summed E-state index contributed by atoms with van der Waals surface area (Å²) < 4.78 is 0. The molecular weight excluding hydrogens is 398 g/mol. The van der Waals surface area contributed by atoms with Crippen molar-refractivity contribution in [2.45, 2.75) is 57.7 Å². The van der Waals surface area contributed by atoms with Crippen molar-refractivity contribution in [3.63, 3.8) is 0 Å². The zero-order chi connectivity index (χ0) is 23.0. The summed E-state index contributed by atoms with van der Waals surface area (Å²) in [4.78, 5) is 40.3. The van der Waals surface area contributed by atoms with Crippen LogP contribution in [0.5, 0.6) is 0 Å². The third-order valence-electron chi connectivity index (χ3n) is 5.31. The van der Waals surface area contributed by atoms with Crippen molar-refractivity contribution in [1.29, 1.82) is 0 Å². The molecule has 0 saturated carbocycles. The van der Waals surface area contributed by atoms with E-state index >= 15 is 0 Å². The largest absolute Gasteiger partial charge is 0.480 e. The maximum atomic E-state index is 13.0. The first-order chi connectivity index (χ1) is 14.7. The van der Waals surface area contributed by atoms with Crippen LogP contribution in [-0.2, 0) is 20.8 Å². The Balaban J connectivity index is 2.22. The van der Waals surface area contributed by atoms with E-state index in [2.05, 4.69) is 15.6 Å². The van der Waals surface area contributed by atoms with E-state index in [-0.39, 0.29) is 18.8 Å². The standard InChI is InChI=1S/C22H33N5O4/c1-13(2)19(24)21(29)27-18(11-14-12-25-16-8-4-3-7-15(14)16)20(28)26-17(22(30)31)9-5-6-10-23/h3-4,7-8,12-13,17-19,25H,5-6,9-11,23-24H2,1-2H3,(H,26,28)(H,27,29)(H,30,31)/t17-,18-,19-/m0/s1. The van der Waals surface area contributed by atoms with Gasteiger partial charge < -0.3 is 32.2 Å². The second-order valence-electron chi connectivity index (χ2n) is 8.08. The summed E-state index contributed by atoms with van der Waals surface area (Å²) in [5.41, 5.74) is 13.2. The number of carbonyl (C=O) groups is 3. The summed E-state index contributed by atoms with van der Waals surface area (Å²) in [6.45, 7) is 4.08. The van der Waals surface area contributed by atoms with E-state index in [0.29, 0.717) is 19.4 Å². The average molecular weight is 432 g/mol. The molecule has 170 valence electrons. The second kappa shape index (κ2) is 11.5. The van der Waals surface area contributed by atoms with Crippen LogP contribution in [0.3, 0.4) is 0 Å². The summed E-state index contributed by atoms with van der Waals surface area (Å²) in [6, 6.07) is 4.82. The van der Waals surface area contributed by atoms with E-state index in [4.69, 9.17) is 11.5 Å². The number of unbranched alkanes of at least 4 members (excludes halogenated alkanes) is 1. The molecule has 0 aliphatic carbocycles. The predicted octanol–water partition coefficient (Wildman–Crippen LogP) is 0.877. The lowest BCUT2D eigenvalue weighted by Gasteiger charge is -2.24. The third-order valence-corrected chi connectivity index (χ3v) is 5.31. The first-order valence-corrected chi connectivity index (χ1v) is 10.6. The van der Waals surface area contributed by atoms with E-state index in [1.54, 1.807) is 6.20 Å². The minimum Gasteiger partial charge on any atom is -0.480 e. The highest BCUT2D eigenvalue weighted by atomic mass is 16.4. The molecule has 31 heavy (non-hydrogen) atoms. The number of nitrogens with two attached hydrogens (primary N) is 2. The van der Waals surface area contributed by atoms with E-state index in [9.17, 15) is 19.5 Å². The molecule has 0 unspecified atom stereocenters. The maximum absolute atomic E-state index is 13.0. The fourth-order valence-electron chi connectivity index (χ4n) is 3.32. The summed E-state index contributed by atoms with van der Waals surface area (Å²) in [7, 11) is 0. The number of aromatic nitrogens is 1. The van der Waals surface area contributed by atoms with Gasteiger partial charge in [0, 0.05) is 23.5 Å². The van der Waals surface area contributed by atoms with E-state index in [0.717, 1.165) is 16.5 Å². The monoisotopic (exact) mass is 431 g/mol. The number of nitrogens with one attached hydrogen (secondary N) is 3. The molecule has 0 aliphatic heterocycles. The van der Waals surface area contributed by atoms with Crippen LogP contribution < -0.4 is 22.1 Å². The number of fused-ring (bicyclic) bond motifs is 1. The van der Waals surface area contributed by atoms with Gasteiger partial charge in [0.1, 0.15) is 12.1 Å². The van der Waals surface area contributed by atoms with Gasteiger partial charge in [-0.15, -0.1) is 0 Å². The Bertz CT molecular complexity index is 895. The van der Waals surface area contributed by atoms with Crippen molar-refractivity contribution in [3.8, 4) is 0 Å². The lowest BCUT2D eigenvalue weighted by molar-refractivity contribution is -0.142. The smallest absolute Gasteiger partial charge is 0.326 e. The number of carboxylic acid groups (broad SMARTS) is 1. The van der Waals surface area contributed by atoms with Crippen LogP contribution in [0.2, 0.25) is 0 Å². The molecule has 2 aromatic rings. The molecule has 9 heteroatoms. The number of benzene rings is 1. The Morgan fingerprint density at radius 3 is 2.39 bits per heavy atom. The molecule has 3 atom stereocenters. The van der Waals surface area contributed by atoms with Crippen LogP contribution >= 0.6 is 0 Å². The maximum Gasteiger partial charge on any atom is 0.326 e. The van der Waals surface area contributed by atoms with Crippen molar-refractivity contribution in [1.82, 2.24) is 15.6 Å². The van der Waals surface area contributed by atoms with Gasteiger partial charge in [0.05, 0.1) is 6.04 Å². The zero-order valence-corrected chi connectivity index (χ0v) is 18.1. The normalized spacial score (nSPS) is 14.2. The van der Waals surface area contributed by atoms with Crippen LogP contribution in [0.15, 0.2) is 30.5 Å². The van der Waals surface area contributed by atoms with Crippen molar-refractivity contribution >= 4 is 28.7 Å². The van der Waals surface area contributed by atoms with Gasteiger partial charge >= 0.3 is 5.97 Å². The highest BCUT2D eigenvalue weighted by Crippen LogP contribution is 2.19. The van der Waals surface area contributed by atoms with Gasteiger partial charge in [-0.1, -0.05) is 32.0 Å². The van der Waals surface area contributed by atoms with Crippen molar-refractivity contribution < 1.29 is 19.5 Å². The van der Waals surface area contributed by atoms with Crippen molar-refractivity contribution in [2.24, 2.45) is 17.4 Å². The number of rotatable bonds is 12. The number of carbonyl (C=O) groups excluding carboxylic acids is 2. The molecule has 9 nitrogen and oxygen atoms in total. The minimum atomic E-state index is -1.12. The van der Waals surface area contributed by atoms with Gasteiger partial charge in [-0.05, 0) is 43.4 Å². The van der Waals surface area contributed by atoms with Gasteiger partial charge in [0.25, 0.3) is 0 Å². The van der Waals surface area contributed by atoms with Crippen LogP contribution in [0.4, 0.5) is 0 Å². The topological polar surface area (TPSA) is 163 Å². The van der Waals surface area contributed by atoms with Gasteiger partial charge in [-0.25, -0.2) is 4.79 Å². The molecule has 0 spiro atoms. The van der Waals surface area contributed by atoms with Gasteiger partial charge in [-0.2, -0.15) is 0 Å². The van der Waals surface area contributed by atoms with Crippen molar-refractivity contribution in [2.75, 3.05) is 6.54 Å². The van der Waals surface area contributed by atoms with E-state index in [1.165, 1.54) is 0 Å². The van der Waals surface area contributed by atoms with Crippen LogP contribution in [0.1, 0.15) is 38.7 Å². The Morgan fingerprint density at radius 1 is 1.06 bits per heavy atom. The first-order valence-electron chi connectivity index (χ1n) is 10.6. The number of hydrogen-bond acceptors (Lipinski definition) is 5. The van der Waals surface area contributed by atoms with Crippen LogP contribution in [0, 0.1) is 5.92 Å². The number of aromatic amines is 1. The molecule has 8 N–H and O–H groups in total. The number of para-hydroxylation sites is 1.